The quantitative estimate of drug-likeness (QED) is 0.589. The number of ketones is 1. The van der Waals surface area contributed by atoms with Gasteiger partial charge in [-0.05, 0) is 19.3 Å². The molecule has 0 aromatic rings. The van der Waals surface area contributed by atoms with E-state index in [1.165, 1.54) is 0 Å². The van der Waals surface area contributed by atoms with Crippen LogP contribution in [-0.4, -0.2) is 18.0 Å². The zero-order chi connectivity index (χ0) is 9.14. The fourth-order valence-electron chi connectivity index (χ4n) is 1.54. The van der Waals surface area contributed by atoms with Gasteiger partial charge >= 0.3 is 0 Å². The van der Waals surface area contributed by atoms with Crippen molar-refractivity contribution in [3.05, 3.63) is 12.7 Å². The Labute approximate surface area is 73.6 Å². The van der Waals surface area contributed by atoms with Gasteiger partial charge in [0.2, 0.25) is 0 Å². The summed E-state index contributed by atoms with van der Waals surface area (Å²) >= 11 is 0. The molecule has 0 amide bonds. The summed E-state index contributed by atoms with van der Waals surface area (Å²) in [6, 6.07) is 0. The van der Waals surface area contributed by atoms with Crippen molar-refractivity contribution in [2.45, 2.75) is 38.9 Å². The molecule has 3 atom stereocenters. The van der Waals surface area contributed by atoms with E-state index in [2.05, 4.69) is 13.5 Å². The lowest BCUT2D eigenvalue weighted by molar-refractivity contribution is -0.146. The van der Waals surface area contributed by atoms with E-state index in [0.717, 1.165) is 6.42 Å². The largest absolute Gasteiger partial charge is 0.367 e. The Bertz CT molecular complexity index is 186. The Kier molecular flexibility index (Phi) is 3.04. The van der Waals surface area contributed by atoms with Crippen molar-refractivity contribution in [3.63, 3.8) is 0 Å². The molecule has 0 spiro atoms. The van der Waals surface area contributed by atoms with Crippen molar-refractivity contribution < 1.29 is 9.53 Å². The van der Waals surface area contributed by atoms with Crippen molar-refractivity contribution >= 4 is 5.78 Å². The fraction of sp³-hybridized carbons (Fsp3) is 0.700. The molecule has 0 aromatic heterocycles. The molecule has 0 aliphatic carbocycles. The van der Waals surface area contributed by atoms with Crippen LogP contribution in [0.3, 0.4) is 0 Å². The minimum Gasteiger partial charge on any atom is -0.367 e. The maximum Gasteiger partial charge on any atom is 0.161 e. The molecule has 12 heavy (non-hydrogen) atoms. The summed E-state index contributed by atoms with van der Waals surface area (Å²) in [4.78, 5) is 11.2. The maximum atomic E-state index is 11.2. The lowest BCUT2D eigenvalue weighted by atomic mass is 9.91. The van der Waals surface area contributed by atoms with E-state index in [1.807, 2.05) is 13.0 Å². The standard InChI is InChI=1S/C10H16O2/c1-4-5-10-7(2)6-9(11)8(3)12-10/h4,7-8,10H,1,5-6H2,2-3H3/t7-,8+,10-/m0/s1. The Morgan fingerprint density at radius 2 is 2.33 bits per heavy atom. The van der Waals surface area contributed by atoms with Gasteiger partial charge in [-0.1, -0.05) is 13.0 Å². The molecular formula is C10H16O2. The highest BCUT2D eigenvalue weighted by atomic mass is 16.5. The Balaban J connectivity index is 2.54. The van der Waals surface area contributed by atoms with Crippen LogP contribution in [0.25, 0.3) is 0 Å². The molecule has 2 nitrogen and oxygen atoms in total. The zero-order valence-corrected chi connectivity index (χ0v) is 7.75. The van der Waals surface area contributed by atoms with Gasteiger partial charge in [0.1, 0.15) is 6.10 Å². The van der Waals surface area contributed by atoms with Gasteiger partial charge in [0.25, 0.3) is 0 Å². The SMILES string of the molecule is C=CC[C@@H]1O[C@H](C)C(=O)C[C@@H]1C. The lowest BCUT2D eigenvalue weighted by Crippen LogP contribution is -2.38. The van der Waals surface area contributed by atoms with Crippen LogP contribution in [0.4, 0.5) is 0 Å². The molecule has 0 aromatic carbocycles. The summed E-state index contributed by atoms with van der Waals surface area (Å²) in [5.74, 6) is 0.564. The average molecular weight is 168 g/mol. The molecule has 0 radical (unpaired) electrons. The molecule has 1 aliphatic heterocycles. The molecule has 1 rings (SSSR count). The molecule has 1 fully saturated rings. The zero-order valence-electron chi connectivity index (χ0n) is 7.75. The second-order valence-corrected chi connectivity index (χ2v) is 3.49. The van der Waals surface area contributed by atoms with Gasteiger partial charge in [-0.25, -0.2) is 0 Å². The maximum absolute atomic E-state index is 11.2. The first-order chi connectivity index (χ1) is 5.65. The molecule has 0 saturated carbocycles. The predicted octanol–water partition coefficient (Wildman–Crippen LogP) is 1.95. The van der Waals surface area contributed by atoms with Crippen LogP contribution in [0.1, 0.15) is 26.7 Å². The molecule has 0 unspecified atom stereocenters. The fourth-order valence-corrected chi connectivity index (χ4v) is 1.54. The summed E-state index contributed by atoms with van der Waals surface area (Å²) in [7, 11) is 0. The molecule has 0 bridgehead atoms. The van der Waals surface area contributed by atoms with Crippen LogP contribution in [0.15, 0.2) is 12.7 Å². The van der Waals surface area contributed by atoms with Crippen LogP contribution in [0.5, 0.6) is 0 Å². The highest BCUT2D eigenvalue weighted by Gasteiger charge is 2.30. The van der Waals surface area contributed by atoms with E-state index in [9.17, 15) is 4.79 Å². The molecule has 1 aliphatic rings. The van der Waals surface area contributed by atoms with E-state index in [4.69, 9.17) is 4.74 Å². The Morgan fingerprint density at radius 1 is 1.67 bits per heavy atom. The van der Waals surface area contributed by atoms with Gasteiger partial charge in [0.15, 0.2) is 5.78 Å². The number of Topliss-reactive ketones (excluding diaryl/α,β-unsaturated/α-hetero) is 1. The number of hydrogen-bond donors (Lipinski definition) is 0. The molecular weight excluding hydrogens is 152 g/mol. The molecule has 2 heteroatoms. The van der Waals surface area contributed by atoms with Gasteiger partial charge in [0.05, 0.1) is 6.10 Å². The van der Waals surface area contributed by atoms with Crippen molar-refractivity contribution in [2.24, 2.45) is 5.92 Å². The van der Waals surface area contributed by atoms with Crippen molar-refractivity contribution in [2.75, 3.05) is 0 Å². The number of rotatable bonds is 2. The van der Waals surface area contributed by atoms with E-state index < -0.39 is 0 Å². The van der Waals surface area contributed by atoms with E-state index in [0.29, 0.717) is 12.3 Å². The first kappa shape index (κ1) is 9.46. The minimum absolute atomic E-state index is 0.190. The third kappa shape index (κ3) is 1.95. The van der Waals surface area contributed by atoms with Crippen molar-refractivity contribution in [1.82, 2.24) is 0 Å². The average Bonchev–Trinajstić information content (AvgIpc) is 2.01. The summed E-state index contributed by atoms with van der Waals surface area (Å²) in [6.07, 6.45) is 3.32. The lowest BCUT2D eigenvalue weighted by Gasteiger charge is -2.31. The highest BCUT2D eigenvalue weighted by Crippen LogP contribution is 2.24. The van der Waals surface area contributed by atoms with Gasteiger partial charge in [-0.3, -0.25) is 4.79 Å². The van der Waals surface area contributed by atoms with Crippen LogP contribution < -0.4 is 0 Å². The first-order valence-corrected chi connectivity index (χ1v) is 4.44. The van der Waals surface area contributed by atoms with E-state index in [-0.39, 0.29) is 18.0 Å². The summed E-state index contributed by atoms with van der Waals surface area (Å²) in [6.45, 7) is 7.55. The minimum atomic E-state index is -0.217. The number of carbonyl (C=O) groups excluding carboxylic acids is 1. The topological polar surface area (TPSA) is 26.3 Å². The number of hydrogen-bond acceptors (Lipinski definition) is 2. The van der Waals surface area contributed by atoms with Crippen LogP contribution in [0.2, 0.25) is 0 Å². The van der Waals surface area contributed by atoms with Crippen LogP contribution >= 0.6 is 0 Å². The molecule has 0 N–H and O–H groups in total. The van der Waals surface area contributed by atoms with Crippen molar-refractivity contribution in [1.29, 1.82) is 0 Å². The van der Waals surface area contributed by atoms with E-state index >= 15 is 0 Å². The second-order valence-electron chi connectivity index (χ2n) is 3.49. The Morgan fingerprint density at radius 3 is 2.92 bits per heavy atom. The summed E-state index contributed by atoms with van der Waals surface area (Å²) in [5.41, 5.74) is 0. The Hall–Kier alpha value is -0.630. The predicted molar refractivity (Wildman–Crippen MR) is 47.9 cm³/mol. The van der Waals surface area contributed by atoms with E-state index in [1.54, 1.807) is 0 Å². The van der Waals surface area contributed by atoms with Gasteiger partial charge < -0.3 is 4.74 Å². The monoisotopic (exact) mass is 168 g/mol. The van der Waals surface area contributed by atoms with Crippen LogP contribution in [0, 0.1) is 5.92 Å². The van der Waals surface area contributed by atoms with Gasteiger partial charge in [-0.15, -0.1) is 6.58 Å². The molecule has 1 heterocycles. The normalized spacial score (nSPS) is 36.5. The first-order valence-electron chi connectivity index (χ1n) is 4.44. The third-order valence-corrected chi connectivity index (χ3v) is 2.39. The highest BCUT2D eigenvalue weighted by molar-refractivity contribution is 5.83. The second kappa shape index (κ2) is 3.85. The van der Waals surface area contributed by atoms with Gasteiger partial charge in [-0.2, -0.15) is 0 Å². The van der Waals surface area contributed by atoms with Crippen LogP contribution in [-0.2, 0) is 9.53 Å². The summed E-state index contributed by atoms with van der Waals surface area (Å²) in [5, 5.41) is 0. The smallest absolute Gasteiger partial charge is 0.161 e. The number of ether oxygens (including phenoxy) is 1. The molecule has 68 valence electrons. The van der Waals surface area contributed by atoms with Gasteiger partial charge in [0, 0.05) is 6.42 Å². The third-order valence-electron chi connectivity index (χ3n) is 2.39. The molecule has 1 saturated heterocycles. The number of carbonyl (C=O) groups is 1. The summed E-state index contributed by atoms with van der Waals surface area (Å²) < 4.78 is 5.53. The van der Waals surface area contributed by atoms with Crippen molar-refractivity contribution in [3.8, 4) is 0 Å².